The van der Waals surface area contributed by atoms with Crippen molar-refractivity contribution < 1.29 is 5.11 Å². The monoisotopic (exact) mass is 268 g/mol. The molecule has 0 radical (unpaired) electrons. The van der Waals surface area contributed by atoms with Crippen LogP contribution in [0, 0.1) is 6.92 Å². The van der Waals surface area contributed by atoms with Crippen LogP contribution in [0.4, 0.5) is 0 Å². The van der Waals surface area contributed by atoms with Crippen LogP contribution in [-0.4, -0.2) is 38.6 Å². The van der Waals surface area contributed by atoms with Crippen molar-refractivity contribution >= 4 is 11.5 Å². The lowest BCUT2D eigenvalue weighted by Crippen LogP contribution is -2.52. The molecule has 0 atom stereocenters. The number of rotatable bonds is 2. The molecule has 0 aliphatic carbocycles. The maximum Gasteiger partial charge on any atom is 0.0720 e. The summed E-state index contributed by atoms with van der Waals surface area (Å²) in [6.07, 6.45) is 2.49. The van der Waals surface area contributed by atoms with Crippen LogP contribution in [0.1, 0.15) is 44.2 Å². The first kappa shape index (κ1) is 14.0. The number of aromatic nitrogens is 1. The van der Waals surface area contributed by atoms with Gasteiger partial charge in [-0.3, -0.25) is 4.90 Å². The summed E-state index contributed by atoms with van der Waals surface area (Å²) >= 11 is 1.52. The summed E-state index contributed by atoms with van der Waals surface area (Å²) in [5.74, 6) is 0. The molecule has 0 saturated carbocycles. The number of hydrogen-bond donors (Lipinski definition) is 1. The van der Waals surface area contributed by atoms with Gasteiger partial charge in [-0.05, 0) is 58.1 Å². The topological polar surface area (TPSA) is 36.4 Å². The lowest BCUT2D eigenvalue weighted by atomic mass is 9.86. The summed E-state index contributed by atoms with van der Waals surface area (Å²) in [6.45, 7) is 10.7. The minimum atomic E-state index is -0.527. The fourth-order valence-electron chi connectivity index (χ4n) is 2.59. The van der Waals surface area contributed by atoms with E-state index in [1.54, 1.807) is 0 Å². The highest BCUT2D eigenvalue weighted by atomic mass is 32.1. The molecule has 2 heterocycles. The molecule has 2 rings (SSSR count). The van der Waals surface area contributed by atoms with Gasteiger partial charge in [0, 0.05) is 29.9 Å². The van der Waals surface area contributed by atoms with E-state index in [1.165, 1.54) is 16.4 Å². The van der Waals surface area contributed by atoms with Gasteiger partial charge in [-0.25, -0.2) is 0 Å². The van der Waals surface area contributed by atoms with Crippen LogP contribution >= 0.6 is 11.5 Å². The quantitative estimate of drug-likeness (QED) is 0.896. The second-order valence-electron chi connectivity index (χ2n) is 6.49. The van der Waals surface area contributed by atoms with E-state index in [-0.39, 0.29) is 5.54 Å². The van der Waals surface area contributed by atoms with E-state index in [2.05, 4.69) is 36.1 Å². The first-order valence-corrected chi connectivity index (χ1v) is 7.45. The minimum Gasteiger partial charge on any atom is -0.389 e. The summed E-state index contributed by atoms with van der Waals surface area (Å²) in [7, 11) is 0. The Kier molecular flexibility index (Phi) is 3.81. The van der Waals surface area contributed by atoms with E-state index in [4.69, 9.17) is 0 Å². The number of aliphatic hydroxyl groups is 1. The van der Waals surface area contributed by atoms with Crippen LogP contribution in [0.5, 0.6) is 0 Å². The number of nitrogens with zero attached hydrogens (tertiary/aromatic N) is 2. The standard InChI is InChI=1S/C14H24N2OS/c1-11-9-12(18-15-11)10-14(17)5-7-16(8-6-14)13(2,3)4/h9,17H,5-8,10H2,1-4H3. The Balaban J connectivity index is 1.95. The fraction of sp³-hybridized carbons (Fsp3) is 0.786. The van der Waals surface area contributed by atoms with E-state index in [9.17, 15) is 5.11 Å². The molecule has 102 valence electrons. The summed E-state index contributed by atoms with van der Waals surface area (Å²) in [4.78, 5) is 3.67. The highest BCUT2D eigenvalue weighted by Crippen LogP contribution is 2.30. The molecule has 0 amide bonds. The van der Waals surface area contributed by atoms with Crippen LogP contribution in [0.25, 0.3) is 0 Å². The van der Waals surface area contributed by atoms with Gasteiger partial charge < -0.3 is 5.11 Å². The molecule has 1 N–H and O–H groups in total. The first-order chi connectivity index (χ1) is 8.28. The predicted octanol–water partition coefficient (Wildman–Crippen LogP) is 2.62. The van der Waals surface area contributed by atoms with Crippen LogP contribution in [0.3, 0.4) is 0 Å². The normalized spacial score (nSPS) is 21.2. The molecule has 0 aromatic carbocycles. The molecule has 1 saturated heterocycles. The first-order valence-electron chi connectivity index (χ1n) is 6.68. The molecule has 4 heteroatoms. The molecule has 1 aromatic rings. The van der Waals surface area contributed by atoms with Gasteiger partial charge in [-0.1, -0.05) is 0 Å². The second-order valence-corrected chi connectivity index (χ2v) is 7.38. The fourth-order valence-corrected chi connectivity index (χ4v) is 3.46. The van der Waals surface area contributed by atoms with E-state index >= 15 is 0 Å². The van der Waals surface area contributed by atoms with Crippen molar-refractivity contribution in [1.82, 2.24) is 9.27 Å². The minimum absolute atomic E-state index is 0.211. The molecule has 18 heavy (non-hydrogen) atoms. The Morgan fingerprint density at radius 1 is 1.39 bits per heavy atom. The largest absolute Gasteiger partial charge is 0.389 e. The van der Waals surface area contributed by atoms with Gasteiger partial charge >= 0.3 is 0 Å². The van der Waals surface area contributed by atoms with Gasteiger partial charge in [0.1, 0.15) is 0 Å². The van der Waals surface area contributed by atoms with Crippen molar-refractivity contribution in [3.63, 3.8) is 0 Å². The molecule has 1 aliphatic heterocycles. The van der Waals surface area contributed by atoms with E-state index in [0.29, 0.717) is 0 Å². The van der Waals surface area contributed by atoms with Gasteiger partial charge in [-0.2, -0.15) is 4.37 Å². The zero-order chi connectivity index (χ0) is 13.4. The van der Waals surface area contributed by atoms with Crippen LogP contribution in [0.2, 0.25) is 0 Å². The second kappa shape index (κ2) is 4.91. The third kappa shape index (κ3) is 3.31. The lowest BCUT2D eigenvalue weighted by Gasteiger charge is -2.44. The van der Waals surface area contributed by atoms with Gasteiger partial charge in [0.15, 0.2) is 0 Å². The van der Waals surface area contributed by atoms with E-state index in [1.807, 2.05) is 6.92 Å². The third-order valence-electron chi connectivity index (χ3n) is 3.82. The van der Waals surface area contributed by atoms with Crippen LogP contribution in [-0.2, 0) is 6.42 Å². The maximum atomic E-state index is 10.7. The maximum absolute atomic E-state index is 10.7. The summed E-state index contributed by atoms with van der Waals surface area (Å²) < 4.78 is 4.29. The summed E-state index contributed by atoms with van der Waals surface area (Å²) in [5, 5.41) is 10.7. The predicted molar refractivity (Wildman–Crippen MR) is 76.1 cm³/mol. The van der Waals surface area contributed by atoms with Gasteiger partial charge in [0.25, 0.3) is 0 Å². The zero-order valence-corrected chi connectivity index (χ0v) is 12.7. The molecular weight excluding hydrogens is 244 g/mol. The Morgan fingerprint density at radius 2 is 2.00 bits per heavy atom. The average molecular weight is 268 g/mol. The molecule has 1 fully saturated rings. The number of hydrogen-bond acceptors (Lipinski definition) is 4. The Labute approximate surface area is 114 Å². The van der Waals surface area contributed by atoms with Gasteiger partial charge in [0.2, 0.25) is 0 Å². The van der Waals surface area contributed by atoms with Crippen molar-refractivity contribution in [3.05, 3.63) is 16.6 Å². The zero-order valence-electron chi connectivity index (χ0n) is 11.9. The lowest BCUT2D eigenvalue weighted by molar-refractivity contribution is -0.0406. The van der Waals surface area contributed by atoms with Crippen molar-refractivity contribution in [1.29, 1.82) is 0 Å². The molecule has 0 bridgehead atoms. The Bertz CT molecular complexity index is 400. The van der Waals surface area contributed by atoms with Gasteiger partial charge in [-0.15, -0.1) is 0 Å². The molecular formula is C14H24N2OS. The Hall–Kier alpha value is -0.450. The Morgan fingerprint density at radius 3 is 2.44 bits per heavy atom. The van der Waals surface area contributed by atoms with Crippen molar-refractivity contribution in [2.75, 3.05) is 13.1 Å². The van der Waals surface area contributed by atoms with Crippen molar-refractivity contribution in [2.45, 2.75) is 58.1 Å². The SMILES string of the molecule is Cc1cc(CC2(O)CCN(C(C)(C)C)CC2)sn1. The van der Waals surface area contributed by atoms with Crippen LogP contribution in [0.15, 0.2) is 6.07 Å². The summed E-state index contributed by atoms with van der Waals surface area (Å²) in [5.41, 5.74) is 0.745. The third-order valence-corrected chi connectivity index (χ3v) is 4.70. The van der Waals surface area contributed by atoms with Gasteiger partial charge in [0.05, 0.1) is 11.3 Å². The van der Waals surface area contributed by atoms with E-state index in [0.717, 1.165) is 38.0 Å². The molecule has 0 spiro atoms. The summed E-state index contributed by atoms with van der Waals surface area (Å²) in [6, 6.07) is 2.10. The molecule has 1 aliphatic rings. The molecule has 0 unspecified atom stereocenters. The molecule has 1 aromatic heterocycles. The average Bonchev–Trinajstić information content (AvgIpc) is 2.62. The van der Waals surface area contributed by atoms with E-state index < -0.39 is 5.60 Å². The number of aryl methyl sites for hydroxylation is 1. The highest BCUT2D eigenvalue weighted by Gasteiger charge is 2.36. The smallest absolute Gasteiger partial charge is 0.0720 e. The number of likely N-dealkylation sites (tertiary alicyclic amines) is 1. The molecule has 3 nitrogen and oxygen atoms in total. The number of piperidine rings is 1. The highest BCUT2D eigenvalue weighted by molar-refractivity contribution is 7.05. The van der Waals surface area contributed by atoms with Crippen molar-refractivity contribution in [2.24, 2.45) is 0 Å². The van der Waals surface area contributed by atoms with Crippen LogP contribution < -0.4 is 0 Å². The van der Waals surface area contributed by atoms with Crippen molar-refractivity contribution in [3.8, 4) is 0 Å².